The molecule has 0 unspecified atom stereocenters. The van der Waals surface area contributed by atoms with Gasteiger partial charge in [0.15, 0.2) is 0 Å². The van der Waals surface area contributed by atoms with Crippen LogP contribution < -0.4 is 4.74 Å². The van der Waals surface area contributed by atoms with Crippen LogP contribution >= 0.6 is 0 Å². The average molecular weight is 478 g/mol. The molecule has 1 saturated heterocycles. The molecule has 7 heteroatoms. The monoisotopic (exact) mass is 477 g/mol. The van der Waals surface area contributed by atoms with Crippen LogP contribution in [0.5, 0.6) is 5.75 Å². The molecule has 1 saturated carbocycles. The van der Waals surface area contributed by atoms with Crippen LogP contribution in [0.3, 0.4) is 0 Å². The first-order valence-corrected chi connectivity index (χ1v) is 12.5. The number of hydrogen-bond acceptors (Lipinski definition) is 3. The summed E-state index contributed by atoms with van der Waals surface area (Å²) >= 11 is 0. The van der Waals surface area contributed by atoms with Gasteiger partial charge in [-0.2, -0.15) is 13.2 Å². The summed E-state index contributed by atoms with van der Waals surface area (Å²) in [5.74, 6) is -0.0826. The van der Waals surface area contributed by atoms with Crippen molar-refractivity contribution in [3.05, 3.63) is 41.5 Å². The molecule has 0 bridgehead atoms. The maximum atomic E-state index is 14.1. The maximum absolute atomic E-state index is 14.1. The van der Waals surface area contributed by atoms with Crippen molar-refractivity contribution < 1.29 is 27.8 Å². The summed E-state index contributed by atoms with van der Waals surface area (Å²) in [4.78, 5) is 13.3. The quantitative estimate of drug-likeness (QED) is 0.472. The van der Waals surface area contributed by atoms with Crippen LogP contribution in [-0.4, -0.2) is 35.2 Å². The molecule has 2 aliphatic rings. The molecule has 2 aromatic carbocycles. The normalized spacial score (nSPS) is 24.3. The van der Waals surface area contributed by atoms with Crippen molar-refractivity contribution in [2.24, 2.45) is 11.8 Å². The van der Waals surface area contributed by atoms with Crippen molar-refractivity contribution in [2.75, 3.05) is 13.1 Å². The lowest BCUT2D eigenvalue weighted by Crippen LogP contribution is -2.35. The van der Waals surface area contributed by atoms with Crippen molar-refractivity contribution >= 4 is 16.7 Å². The van der Waals surface area contributed by atoms with Gasteiger partial charge in [-0.25, -0.2) is 0 Å². The molecule has 0 aromatic heterocycles. The number of halogens is 3. The van der Waals surface area contributed by atoms with Gasteiger partial charge in [0.05, 0.1) is 6.10 Å². The fourth-order valence-electron chi connectivity index (χ4n) is 5.65. The minimum atomic E-state index is -4.51. The van der Waals surface area contributed by atoms with Crippen LogP contribution in [0.4, 0.5) is 13.2 Å². The summed E-state index contributed by atoms with van der Waals surface area (Å²) in [6.07, 6.45) is 2.03. The molecule has 4 rings (SSSR count). The van der Waals surface area contributed by atoms with Gasteiger partial charge in [-0.05, 0) is 85.4 Å². The summed E-state index contributed by atoms with van der Waals surface area (Å²) in [7, 11) is 0. The van der Waals surface area contributed by atoms with Gasteiger partial charge in [0.2, 0.25) is 0 Å². The molecular weight excluding hydrogens is 443 g/mol. The lowest BCUT2D eigenvalue weighted by molar-refractivity contribution is -0.139. The number of piperidine rings is 1. The second-order valence-corrected chi connectivity index (χ2v) is 10.0. The molecule has 0 amide bonds. The number of hydrogen-bond donors (Lipinski definition) is 1. The number of carbonyl (C=O) groups is 1. The van der Waals surface area contributed by atoms with Gasteiger partial charge in [0.25, 0.3) is 0 Å². The zero-order valence-electron chi connectivity index (χ0n) is 19.7. The Morgan fingerprint density at radius 2 is 1.85 bits per heavy atom. The summed E-state index contributed by atoms with van der Waals surface area (Å²) in [5, 5.41) is 9.79. The molecule has 2 aromatic rings. The van der Waals surface area contributed by atoms with E-state index in [0.29, 0.717) is 24.4 Å². The largest absolute Gasteiger partial charge is 0.490 e. The third-order valence-electron chi connectivity index (χ3n) is 7.47. The van der Waals surface area contributed by atoms with Gasteiger partial charge < -0.3 is 9.84 Å². The van der Waals surface area contributed by atoms with E-state index in [1.165, 1.54) is 6.07 Å². The number of alkyl halides is 3. The smallest absolute Gasteiger partial charge is 0.420 e. The van der Waals surface area contributed by atoms with Crippen LogP contribution in [0.15, 0.2) is 30.3 Å². The van der Waals surface area contributed by atoms with E-state index in [0.717, 1.165) is 57.1 Å². The topological polar surface area (TPSA) is 49.8 Å². The second kappa shape index (κ2) is 10.5. The molecule has 2 fully saturated rings. The van der Waals surface area contributed by atoms with E-state index in [1.54, 1.807) is 18.2 Å². The van der Waals surface area contributed by atoms with Crippen LogP contribution in [0.25, 0.3) is 10.8 Å². The Kier molecular flexibility index (Phi) is 7.70. The zero-order chi connectivity index (χ0) is 24.3. The maximum Gasteiger partial charge on any atom is 0.420 e. The first-order chi connectivity index (χ1) is 16.2. The van der Waals surface area contributed by atoms with E-state index in [9.17, 15) is 18.0 Å². The number of likely N-dealkylation sites (tertiary alicyclic amines) is 1. The fourth-order valence-corrected chi connectivity index (χ4v) is 5.65. The molecule has 34 heavy (non-hydrogen) atoms. The van der Waals surface area contributed by atoms with E-state index in [4.69, 9.17) is 9.84 Å². The molecule has 1 atom stereocenters. The van der Waals surface area contributed by atoms with E-state index >= 15 is 0 Å². The van der Waals surface area contributed by atoms with Crippen molar-refractivity contribution in [1.82, 2.24) is 4.90 Å². The van der Waals surface area contributed by atoms with E-state index in [2.05, 4.69) is 11.8 Å². The van der Waals surface area contributed by atoms with E-state index in [1.807, 2.05) is 6.07 Å². The minimum Gasteiger partial charge on any atom is -0.490 e. The first-order valence-electron chi connectivity index (χ1n) is 12.5. The number of carboxylic acid groups (broad SMARTS) is 1. The molecule has 0 spiro atoms. The van der Waals surface area contributed by atoms with Gasteiger partial charge in [-0.3, -0.25) is 9.69 Å². The fraction of sp³-hybridized carbons (Fsp3) is 0.593. The molecule has 0 radical (unpaired) electrons. The standard InChI is InChI=1S/C27H34F3NO3/c1-2-18-5-9-22(10-6-18)34-24-12-8-21-14-20(7-11-23(21)26(24)27(28,29)30)17-31-13-3-4-19(16-31)15-25(32)33/h7-8,11-12,14,18-19,22H,2-6,9-10,13,15-17H2,1H3,(H,32,33)/t18-,19-,22+/m1/s1. The molecule has 1 heterocycles. The van der Waals surface area contributed by atoms with E-state index < -0.39 is 17.7 Å². The van der Waals surface area contributed by atoms with Crippen LogP contribution in [0.1, 0.15) is 69.4 Å². The van der Waals surface area contributed by atoms with Crippen LogP contribution in [-0.2, 0) is 17.5 Å². The highest BCUT2D eigenvalue weighted by Gasteiger charge is 2.37. The SMILES string of the molecule is CC[C@H]1CC[C@@H](Oc2ccc3cc(CN4CCC[C@H](CC(=O)O)C4)ccc3c2C(F)(F)F)CC1. The average Bonchev–Trinajstić information content (AvgIpc) is 2.78. The number of ether oxygens (including phenoxy) is 1. The third-order valence-corrected chi connectivity index (χ3v) is 7.47. The predicted molar refractivity (Wildman–Crippen MR) is 126 cm³/mol. The summed E-state index contributed by atoms with van der Waals surface area (Å²) in [6.45, 7) is 4.33. The van der Waals surface area contributed by atoms with Crippen LogP contribution in [0.2, 0.25) is 0 Å². The highest BCUT2D eigenvalue weighted by molar-refractivity contribution is 5.89. The highest BCUT2D eigenvalue weighted by Crippen LogP contribution is 2.43. The molecular formula is C27H34F3NO3. The van der Waals surface area contributed by atoms with Gasteiger partial charge in [-0.1, -0.05) is 31.5 Å². The first kappa shape index (κ1) is 24.8. The van der Waals surface area contributed by atoms with E-state index in [-0.39, 0.29) is 29.6 Å². The van der Waals surface area contributed by atoms with Crippen molar-refractivity contribution in [3.8, 4) is 5.75 Å². The summed E-state index contributed by atoms with van der Waals surface area (Å²) < 4.78 is 48.3. The predicted octanol–water partition coefficient (Wildman–Crippen LogP) is 6.89. The van der Waals surface area contributed by atoms with Gasteiger partial charge in [-0.15, -0.1) is 0 Å². The Balaban J connectivity index is 1.53. The Morgan fingerprint density at radius 1 is 1.09 bits per heavy atom. The lowest BCUT2D eigenvalue weighted by Gasteiger charge is -2.32. The molecule has 186 valence electrons. The second-order valence-electron chi connectivity index (χ2n) is 10.0. The number of aliphatic carboxylic acids is 1. The zero-order valence-corrected chi connectivity index (χ0v) is 19.7. The Bertz CT molecular complexity index is 999. The van der Waals surface area contributed by atoms with Crippen LogP contribution in [0, 0.1) is 11.8 Å². The van der Waals surface area contributed by atoms with Crippen molar-refractivity contribution in [2.45, 2.75) is 77.1 Å². The lowest BCUT2D eigenvalue weighted by atomic mass is 9.86. The number of rotatable bonds is 7. The minimum absolute atomic E-state index is 0.0692. The highest BCUT2D eigenvalue weighted by atomic mass is 19.4. The van der Waals surface area contributed by atoms with Crippen molar-refractivity contribution in [1.29, 1.82) is 0 Å². The Morgan fingerprint density at radius 3 is 2.53 bits per heavy atom. The van der Waals surface area contributed by atoms with Gasteiger partial charge >= 0.3 is 12.1 Å². The Labute approximate surface area is 199 Å². The Hall–Kier alpha value is -2.28. The van der Waals surface area contributed by atoms with Crippen molar-refractivity contribution in [3.63, 3.8) is 0 Å². The third kappa shape index (κ3) is 6.04. The van der Waals surface area contributed by atoms with Gasteiger partial charge in [0, 0.05) is 19.5 Å². The van der Waals surface area contributed by atoms with Gasteiger partial charge in [0.1, 0.15) is 11.3 Å². The number of fused-ring (bicyclic) bond motifs is 1. The number of nitrogens with zero attached hydrogens (tertiary/aromatic N) is 1. The number of benzene rings is 2. The molecule has 1 aliphatic carbocycles. The number of carboxylic acids is 1. The summed E-state index contributed by atoms with van der Waals surface area (Å²) in [6, 6.07) is 8.35. The molecule has 4 nitrogen and oxygen atoms in total. The molecule has 1 aliphatic heterocycles. The molecule has 1 N–H and O–H groups in total. The summed E-state index contributed by atoms with van der Waals surface area (Å²) in [5.41, 5.74) is 0.247.